The Morgan fingerprint density at radius 3 is 2.55 bits per heavy atom. The molecule has 0 bridgehead atoms. The maximum atomic E-state index is 11.1. The molecular formula is C26H25N3O3S. The van der Waals surface area contributed by atoms with Crippen molar-refractivity contribution in [1.29, 1.82) is 0 Å². The van der Waals surface area contributed by atoms with Crippen molar-refractivity contribution in [3.8, 4) is 27.8 Å². The van der Waals surface area contributed by atoms with Gasteiger partial charge in [-0.1, -0.05) is 18.2 Å². The summed E-state index contributed by atoms with van der Waals surface area (Å²) in [7, 11) is 0. The fourth-order valence-corrected chi connectivity index (χ4v) is 5.11. The second-order valence-electron chi connectivity index (χ2n) is 8.23. The molecule has 2 aromatic carbocycles. The molecule has 168 valence electrons. The van der Waals surface area contributed by atoms with Crippen LogP contribution in [0.5, 0.6) is 11.5 Å². The van der Waals surface area contributed by atoms with Gasteiger partial charge < -0.3 is 9.47 Å². The number of esters is 1. The molecule has 7 heteroatoms. The fraction of sp³-hybridized carbons (Fsp3) is 0.231. The number of carbonyl (C=O) groups is 1. The van der Waals surface area contributed by atoms with Gasteiger partial charge in [0.25, 0.3) is 0 Å². The predicted molar refractivity (Wildman–Crippen MR) is 129 cm³/mol. The van der Waals surface area contributed by atoms with Crippen molar-refractivity contribution in [2.75, 3.05) is 13.1 Å². The standard InChI is InChI=1S/C26H25N3O3S/c1-18-12-24(15-28-13-23(14-28)31-19(2)30)33-26(18)29-16-25(27-17-29)20-8-10-22(11-9-20)32-21-6-4-3-5-7-21/h3-12,16-17,23H,13-15H2,1-2H3. The van der Waals surface area contributed by atoms with E-state index in [2.05, 4.69) is 33.6 Å². The maximum Gasteiger partial charge on any atom is 0.302 e. The Balaban J connectivity index is 1.24. The summed E-state index contributed by atoms with van der Waals surface area (Å²) in [5.41, 5.74) is 3.19. The van der Waals surface area contributed by atoms with Crippen LogP contribution in [0.25, 0.3) is 16.3 Å². The third-order valence-corrected chi connectivity index (χ3v) is 6.76. The smallest absolute Gasteiger partial charge is 0.302 e. The number of carbonyl (C=O) groups excluding carboxylic acids is 1. The SMILES string of the molecule is CC(=O)OC1CN(Cc2cc(C)c(-n3cnc(-c4ccc(Oc5ccccc5)cc4)c3)s2)C1. The number of para-hydroxylation sites is 1. The zero-order chi connectivity index (χ0) is 22.8. The Morgan fingerprint density at radius 2 is 1.82 bits per heavy atom. The molecular weight excluding hydrogens is 434 g/mol. The topological polar surface area (TPSA) is 56.6 Å². The van der Waals surface area contributed by atoms with Crippen molar-refractivity contribution in [1.82, 2.24) is 14.5 Å². The fourth-order valence-electron chi connectivity index (χ4n) is 3.95. The Hall–Kier alpha value is -3.42. The van der Waals surface area contributed by atoms with Gasteiger partial charge in [-0.25, -0.2) is 4.98 Å². The lowest BCUT2D eigenvalue weighted by atomic mass is 10.1. The van der Waals surface area contributed by atoms with Crippen molar-refractivity contribution in [3.63, 3.8) is 0 Å². The highest BCUT2D eigenvalue weighted by atomic mass is 32.1. The second-order valence-corrected chi connectivity index (χ2v) is 9.35. The highest BCUT2D eigenvalue weighted by Gasteiger charge is 2.29. The highest BCUT2D eigenvalue weighted by molar-refractivity contribution is 7.14. The van der Waals surface area contributed by atoms with Crippen LogP contribution in [0.15, 0.2) is 73.2 Å². The van der Waals surface area contributed by atoms with E-state index in [1.165, 1.54) is 22.4 Å². The minimum Gasteiger partial charge on any atom is -0.460 e. The maximum absolute atomic E-state index is 11.1. The lowest BCUT2D eigenvalue weighted by Gasteiger charge is -2.37. The quantitative estimate of drug-likeness (QED) is 0.344. The summed E-state index contributed by atoms with van der Waals surface area (Å²) >= 11 is 1.77. The van der Waals surface area contributed by atoms with Gasteiger partial charge in [-0.3, -0.25) is 14.3 Å². The number of hydrogen-bond donors (Lipinski definition) is 0. The summed E-state index contributed by atoms with van der Waals surface area (Å²) in [4.78, 5) is 19.3. The minimum atomic E-state index is -0.205. The molecule has 0 atom stereocenters. The summed E-state index contributed by atoms with van der Waals surface area (Å²) in [6, 6.07) is 20.0. The van der Waals surface area contributed by atoms with Gasteiger partial charge in [-0.15, -0.1) is 11.3 Å². The number of ether oxygens (including phenoxy) is 2. The molecule has 2 aromatic heterocycles. The van der Waals surface area contributed by atoms with Crippen LogP contribution in [0, 0.1) is 6.92 Å². The van der Waals surface area contributed by atoms with Gasteiger partial charge in [0.15, 0.2) is 0 Å². The number of benzene rings is 2. The van der Waals surface area contributed by atoms with E-state index >= 15 is 0 Å². The number of rotatable bonds is 7. The molecule has 0 spiro atoms. The highest BCUT2D eigenvalue weighted by Crippen LogP contribution is 2.30. The largest absolute Gasteiger partial charge is 0.460 e. The van der Waals surface area contributed by atoms with Gasteiger partial charge in [0, 0.05) is 43.2 Å². The number of thiophene rings is 1. The molecule has 6 nitrogen and oxygen atoms in total. The molecule has 1 saturated heterocycles. The third kappa shape index (κ3) is 4.99. The van der Waals surface area contributed by atoms with E-state index < -0.39 is 0 Å². The van der Waals surface area contributed by atoms with E-state index in [9.17, 15) is 4.79 Å². The van der Waals surface area contributed by atoms with Crippen LogP contribution in [0.4, 0.5) is 0 Å². The number of aryl methyl sites for hydroxylation is 1. The molecule has 0 N–H and O–H groups in total. The number of hydrogen-bond acceptors (Lipinski definition) is 6. The van der Waals surface area contributed by atoms with E-state index in [1.807, 2.05) is 60.9 Å². The van der Waals surface area contributed by atoms with E-state index in [1.54, 1.807) is 11.3 Å². The average Bonchev–Trinajstić information content (AvgIpc) is 3.40. The van der Waals surface area contributed by atoms with Crippen molar-refractivity contribution in [2.24, 2.45) is 0 Å². The normalized spacial score (nSPS) is 14.1. The van der Waals surface area contributed by atoms with Crippen LogP contribution in [0.2, 0.25) is 0 Å². The number of likely N-dealkylation sites (tertiary alicyclic amines) is 1. The van der Waals surface area contributed by atoms with E-state index in [0.29, 0.717) is 0 Å². The summed E-state index contributed by atoms with van der Waals surface area (Å²) in [5, 5.41) is 1.17. The van der Waals surface area contributed by atoms with Gasteiger partial charge >= 0.3 is 5.97 Å². The Bertz CT molecular complexity index is 1240. The van der Waals surface area contributed by atoms with Gasteiger partial charge in [0.1, 0.15) is 28.9 Å². The monoisotopic (exact) mass is 459 g/mol. The molecule has 1 aliphatic rings. The lowest BCUT2D eigenvalue weighted by molar-refractivity contribution is -0.155. The minimum absolute atomic E-state index is 0.0312. The van der Waals surface area contributed by atoms with E-state index in [4.69, 9.17) is 9.47 Å². The van der Waals surface area contributed by atoms with Gasteiger partial charge in [0.2, 0.25) is 0 Å². The van der Waals surface area contributed by atoms with Crippen LogP contribution in [0.3, 0.4) is 0 Å². The van der Waals surface area contributed by atoms with Crippen LogP contribution < -0.4 is 4.74 Å². The van der Waals surface area contributed by atoms with Crippen LogP contribution in [0.1, 0.15) is 17.4 Å². The first-order chi connectivity index (χ1) is 16.0. The first kappa shape index (κ1) is 21.4. The molecule has 1 aliphatic heterocycles. The Kier molecular flexibility index (Phi) is 5.98. The summed E-state index contributed by atoms with van der Waals surface area (Å²) in [6.07, 6.45) is 3.96. The molecule has 0 unspecified atom stereocenters. The van der Waals surface area contributed by atoms with Gasteiger partial charge in [-0.2, -0.15) is 0 Å². The molecule has 0 radical (unpaired) electrons. The zero-order valence-corrected chi connectivity index (χ0v) is 19.4. The molecule has 3 heterocycles. The van der Waals surface area contributed by atoms with Gasteiger partial charge in [0.05, 0.1) is 5.69 Å². The van der Waals surface area contributed by atoms with Gasteiger partial charge in [-0.05, 0) is 55.0 Å². The first-order valence-corrected chi connectivity index (χ1v) is 11.7. The average molecular weight is 460 g/mol. The van der Waals surface area contributed by atoms with Crippen molar-refractivity contribution >= 4 is 17.3 Å². The van der Waals surface area contributed by atoms with Crippen molar-refractivity contribution in [3.05, 3.63) is 83.6 Å². The van der Waals surface area contributed by atoms with Crippen molar-refractivity contribution < 1.29 is 14.3 Å². The van der Waals surface area contributed by atoms with Crippen molar-refractivity contribution in [2.45, 2.75) is 26.5 Å². The first-order valence-electron chi connectivity index (χ1n) is 10.9. The molecule has 33 heavy (non-hydrogen) atoms. The van der Waals surface area contributed by atoms with Crippen LogP contribution in [-0.4, -0.2) is 39.6 Å². The number of nitrogens with zero attached hydrogens (tertiary/aromatic N) is 3. The third-order valence-electron chi connectivity index (χ3n) is 5.52. The molecule has 0 aliphatic carbocycles. The predicted octanol–water partition coefficient (Wildman–Crippen LogP) is 5.45. The summed E-state index contributed by atoms with van der Waals surface area (Å²) < 4.78 is 13.2. The molecule has 4 aromatic rings. The summed E-state index contributed by atoms with van der Waals surface area (Å²) in [5.74, 6) is 1.41. The zero-order valence-electron chi connectivity index (χ0n) is 18.6. The van der Waals surface area contributed by atoms with Crippen LogP contribution in [-0.2, 0) is 16.1 Å². The molecule has 1 fully saturated rings. The van der Waals surface area contributed by atoms with E-state index in [0.717, 1.165) is 42.4 Å². The summed E-state index contributed by atoms with van der Waals surface area (Å²) in [6.45, 7) is 6.05. The molecule has 0 amide bonds. The Morgan fingerprint density at radius 1 is 1.09 bits per heavy atom. The molecule has 5 rings (SSSR count). The van der Waals surface area contributed by atoms with E-state index in [-0.39, 0.29) is 12.1 Å². The Labute approximate surface area is 197 Å². The number of aromatic nitrogens is 2. The van der Waals surface area contributed by atoms with Crippen LogP contribution >= 0.6 is 11.3 Å². The second kappa shape index (κ2) is 9.21. The molecule has 0 saturated carbocycles. The lowest BCUT2D eigenvalue weighted by Crippen LogP contribution is -2.51. The number of imidazole rings is 1.